The molecule has 0 aliphatic heterocycles. The molecule has 0 aromatic heterocycles. The van der Waals surface area contributed by atoms with E-state index < -0.39 is 17.3 Å². The first-order chi connectivity index (χ1) is 9.85. The summed E-state index contributed by atoms with van der Waals surface area (Å²) in [7, 11) is 1.76. The van der Waals surface area contributed by atoms with Crippen molar-refractivity contribution in [2.45, 2.75) is 26.7 Å². The maximum Gasteiger partial charge on any atom is 0.307 e. The molecule has 0 bridgehead atoms. The molecule has 1 saturated carbocycles. The van der Waals surface area contributed by atoms with Gasteiger partial charge in [-0.1, -0.05) is 44.2 Å². The molecule has 0 saturated heterocycles. The second-order valence-corrected chi connectivity index (χ2v) is 6.46. The van der Waals surface area contributed by atoms with Crippen LogP contribution in [0.25, 0.3) is 0 Å². The van der Waals surface area contributed by atoms with E-state index in [1.54, 1.807) is 11.9 Å². The molecule has 0 spiro atoms. The van der Waals surface area contributed by atoms with Gasteiger partial charge < -0.3 is 10.0 Å². The Morgan fingerprint density at radius 1 is 1.19 bits per heavy atom. The normalized spacial score (nSPS) is 22.6. The van der Waals surface area contributed by atoms with Crippen molar-refractivity contribution in [3.05, 3.63) is 35.9 Å². The lowest BCUT2D eigenvalue weighted by atomic mass is 10.1. The fourth-order valence-corrected chi connectivity index (χ4v) is 3.07. The van der Waals surface area contributed by atoms with Gasteiger partial charge in [0.2, 0.25) is 5.91 Å². The van der Waals surface area contributed by atoms with Gasteiger partial charge in [0.1, 0.15) is 0 Å². The third kappa shape index (κ3) is 3.26. The van der Waals surface area contributed by atoms with Crippen LogP contribution in [-0.4, -0.2) is 35.5 Å². The van der Waals surface area contributed by atoms with Crippen LogP contribution >= 0.6 is 0 Å². The van der Waals surface area contributed by atoms with Gasteiger partial charge in [-0.25, -0.2) is 0 Å². The molecule has 1 aromatic rings. The average Bonchev–Trinajstić information content (AvgIpc) is 3.02. The van der Waals surface area contributed by atoms with Crippen molar-refractivity contribution >= 4 is 11.9 Å². The molecule has 1 fully saturated rings. The Labute approximate surface area is 125 Å². The quantitative estimate of drug-likeness (QED) is 0.875. The van der Waals surface area contributed by atoms with Gasteiger partial charge in [0.15, 0.2) is 0 Å². The molecule has 21 heavy (non-hydrogen) atoms. The van der Waals surface area contributed by atoms with Crippen LogP contribution in [0.1, 0.15) is 25.8 Å². The number of hydrogen-bond acceptors (Lipinski definition) is 2. The van der Waals surface area contributed by atoms with E-state index >= 15 is 0 Å². The second kappa shape index (κ2) is 5.88. The number of carboxylic acid groups (broad SMARTS) is 1. The number of nitrogens with zero attached hydrogens (tertiary/aromatic N) is 1. The van der Waals surface area contributed by atoms with Gasteiger partial charge in [-0.2, -0.15) is 0 Å². The highest BCUT2D eigenvalue weighted by atomic mass is 16.4. The van der Waals surface area contributed by atoms with E-state index in [-0.39, 0.29) is 11.8 Å². The molecule has 2 atom stereocenters. The summed E-state index contributed by atoms with van der Waals surface area (Å²) in [5.74, 6) is -1.82. The first kappa shape index (κ1) is 15.5. The molecule has 1 aliphatic rings. The van der Waals surface area contributed by atoms with Crippen molar-refractivity contribution in [3.8, 4) is 0 Å². The molecule has 0 radical (unpaired) electrons. The fraction of sp³-hybridized carbons (Fsp3) is 0.529. The summed E-state index contributed by atoms with van der Waals surface area (Å²) in [6.45, 7) is 4.37. The molecule has 2 unspecified atom stereocenters. The number of carbonyl (C=O) groups excluding carboxylic acids is 1. The summed E-state index contributed by atoms with van der Waals surface area (Å²) in [5, 5.41) is 9.14. The predicted molar refractivity (Wildman–Crippen MR) is 80.8 cm³/mol. The van der Waals surface area contributed by atoms with Gasteiger partial charge in [0.25, 0.3) is 0 Å². The Balaban J connectivity index is 1.83. The van der Waals surface area contributed by atoms with Crippen LogP contribution in [0.2, 0.25) is 0 Å². The highest BCUT2D eigenvalue weighted by molar-refractivity contribution is 5.91. The molecule has 2 rings (SSSR count). The number of rotatable bonds is 6. The minimum absolute atomic E-state index is 0.0412. The molecular formula is C17H23NO3. The number of carbonyl (C=O) groups is 2. The van der Waals surface area contributed by atoms with Crippen molar-refractivity contribution in [1.29, 1.82) is 0 Å². The van der Waals surface area contributed by atoms with E-state index in [2.05, 4.69) is 12.1 Å². The number of aryl methyl sites for hydroxylation is 1. The zero-order valence-electron chi connectivity index (χ0n) is 12.9. The highest BCUT2D eigenvalue weighted by Gasteiger charge is 2.66. The Hall–Kier alpha value is -1.84. The molecule has 1 aliphatic carbocycles. The topological polar surface area (TPSA) is 57.6 Å². The lowest BCUT2D eigenvalue weighted by Crippen LogP contribution is -2.31. The number of carboxylic acids is 1. The largest absolute Gasteiger partial charge is 0.481 e. The molecule has 1 N–H and O–H groups in total. The lowest BCUT2D eigenvalue weighted by Gasteiger charge is -2.18. The Bertz CT molecular complexity index is 524. The van der Waals surface area contributed by atoms with E-state index in [4.69, 9.17) is 5.11 Å². The van der Waals surface area contributed by atoms with Crippen molar-refractivity contribution in [1.82, 2.24) is 4.90 Å². The van der Waals surface area contributed by atoms with E-state index in [0.717, 1.165) is 12.8 Å². The van der Waals surface area contributed by atoms with Crippen molar-refractivity contribution in [3.63, 3.8) is 0 Å². The number of hydrogen-bond donors (Lipinski definition) is 1. The summed E-state index contributed by atoms with van der Waals surface area (Å²) in [6.07, 6.45) is 1.81. The fourth-order valence-electron chi connectivity index (χ4n) is 3.07. The van der Waals surface area contributed by atoms with Gasteiger partial charge in [-0.3, -0.25) is 9.59 Å². The first-order valence-electron chi connectivity index (χ1n) is 7.37. The van der Waals surface area contributed by atoms with E-state index in [1.165, 1.54) is 5.56 Å². The van der Waals surface area contributed by atoms with Crippen LogP contribution in [0.15, 0.2) is 30.3 Å². The van der Waals surface area contributed by atoms with Gasteiger partial charge in [-0.15, -0.1) is 0 Å². The van der Waals surface area contributed by atoms with Crippen LogP contribution in [-0.2, 0) is 16.0 Å². The minimum atomic E-state index is -0.865. The van der Waals surface area contributed by atoms with E-state index in [1.807, 2.05) is 32.0 Å². The smallest absolute Gasteiger partial charge is 0.307 e. The molecule has 1 aromatic carbocycles. The monoisotopic (exact) mass is 289 g/mol. The average molecular weight is 289 g/mol. The third-order valence-electron chi connectivity index (χ3n) is 4.54. The standard InChI is InChI=1S/C17H23NO3/c1-17(2)13(14(17)16(20)21)15(19)18(3)11-7-10-12-8-5-4-6-9-12/h4-6,8-9,13-14H,7,10-11H2,1-3H3,(H,20,21). The van der Waals surface area contributed by atoms with E-state index in [9.17, 15) is 9.59 Å². The molecule has 4 nitrogen and oxygen atoms in total. The first-order valence-corrected chi connectivity index (χ1v) is 7.37. The summed E-state index contributed by atoms with van der Waals surface area (Å²) >= 11 is 0. The maximum absolute atomic E-state index is 12.3. The SMILES string of the molecule is CN(CCCc1ccccc1)C(=O)C1C(C(=O)O)C1(C)C. The number of amides is 1. The molecule has 1 amide bonds. The zero-order valence-corrected chi connectivity index (χ0v) is 12.9. The van der Waals surface area contributed by atoms with Crippen molar-refractivity contribution in [2.24, 2.45) is 17.3 Å². The zero-order chi connectivity index (χ0) is 15.6. The Kier molecular flexibility index (Phi) is 4.35. The van der Waals surface area contributed by atoms with Crippen LogP contribution in [0.4, 0.5) is 0 Å². The third-order valence-corrected chi connectivity index (χ3v) is 4.54. The van der Waals surface area contributed by atoms with E-state index in [0.29, 0.717) is 6.54 Å². The van der Waals surface area contributed by atoms with Gasteiger partial charge in [-0.05, 0) is 23.8 Å². The predicted octanol–water partition coefficient (Wildman–Crippen LogP) is 2.43. The summed E-state index contributed by atoms with van der Waals surface area (Å²) in [5.41, 5.74) is 0.838. The lowest BCUT2D eigenvalue weighted by molar-refractivity contribution is -0.141. The Morgan fingerprint density at radius 2 is 1.81 bits per heavy atom. The molecule has 114 valence electrons. The van der Waals surface area contributed by atoms with Crippen LogP contribution < -0.4 is 0 Å². The molecule has 0 heterocycles. The Morgan fingerprint density at radius 3 is 2.33 bits per heavy atom. The molecule has 4 heteroatoms. The molecular weight excluding hydrogens is 266 g/mol. The van der Waals surface area contributed by atoms with Crippen LogP contribution in [0.3, 0.4) is 0 Å². The van der Waals surface area contributed by atoms with Crippen LogP contribution in [0.5, 0.6) is 0 Å². The van der Waals surface area contributed by atoms with Gasteiger partial charge >= 0.3 is 5.97 Å². The minimum Gasteiger partial charge on any atom is -0.481 e. The maximum atomic E-state index is 12.3. The summed E-state index contributed by atoms with van der Waals surface area (Å²) < 4.78 is 0. The highest BCUT2D eigenvalue weighted by Crippen LogP contribution is 2.58. The number of benzene rings is 1. The van der Waals surface area contributed by atoms with Crippen molar-refractivity contribution in [2.75, 3.05) is 13.6 Å². The van der Waals surface area contributed by atoms with Gasteiger partial charge in [0.05, 0.1) is 11.8 Å². The summed E-state index contributed by atoms with van der Waals surface area (Å²) in [6, 6.07) is 10.2. The summed E-state index contributed by atoms with van der Waals surface area (Å²) in [4.78, 5) is 25.2. The van der Waals surface area contributed by atoms with Gasteiger partial charge in [0, 0.05) is 13.6 Å². The van der Waals surface area contributed by atoms with Crippen LogP contribution in [0, 0.1) is 17.3 Å². The number of aliphatic carboxylic acids is 1. The second-order valence-electron chi connectivity index (χ2n) is 6.46. The van der Waals surface area contributed by atoms with Crippen molar-refractivity contribution < 1.29 is 14.7 Å².